The minimum absolute atomic E-state index is 0.0583. The van der Waals surface area contributed by atoms with E-state index < -0.39 is 12.1 Å². The first-order valence-electron chi connectivity index (χ1n) is 11.1. The Kier molecular flexibility index (Phi) is 6.06. The molecule has 0 fully saturated rings. The second kappa shape index (κ2) is 9.45. The minimum atomic E-state index is -1.02. The number of hydrogen-bond donors (Lipinski definition) is 3. The van der Waals surface area contributed by atoms with Gasteiger partial charge < -0.3 is 25.0 Å². The maximum Gasteiger partial charge on any atom is 0.304 e. The fourth-order valence-electron chi connectivity index (χ4n) is 4.14. The molecular weight excluding hydrogens is 436 g/mol. The summed E-state index contributed by atoms with van der Waals surface area (Å²) < 4.78 is 12.4. The van der Waals surface area contributed by atoms with Gasteiger partial charge in [-0.15, -0.1) is 0 Å². The van der Waals surface area contributed by atoms with Crippen LogP contribution in [0.2, 0.25) is 0 Å². The summed E-state index contributed by atoms with van der Waals surface area (Å²) >= 11 is 0. The Morgan fingerprint density at radius 3 is 3.00 bits per heavy atom. The Bertz CT molecular complexity index is 1280. The lowest BCUT2D eigenvalue weighted by molar-refractivity contribution is -0.137. The van der Waals surface area contributed by atoms with Crippen LogP contribution in [0.1, 0.15) is 47.2 Å². The van der Waals surface area contributed by atoms with Crippen LogP contribution < -0.4 is 14.8 Å². The molecule has 174 valence electrons. The van der Waals surface area contributed by atoms with E-state index in [0.717, 1.165) is 36.3 Å². The number of rotatable bonds is 6. The number of carboxylic acid groups (broad SMARTS) is 1. The molecule has 34 heavy (non-hydrogen) atoms. The molecule has 0 saturated heterocycles. The smallest absolute Gasteiger partial charge is 0.304 e. The van der Waals surface area contributed by atoms with Crippen molar-refractivity contribution in [3.05, 3.63) is 65.1 Å². The summed E-state index contributed by atoms with van der Waals surface area (Å²) in [5, 5.41) is 27.5. The molecule has 4 heterocycles. The second-order valence-electron chi connectivity index (χ2n) is 8.30. The van der Waals surface area contributed by atoms with Crippen molar-refractivity contribution in [2.24, 2.45) is 0 Å². The monoisotopic (exact) mass is 460 g/mol. The lowest BCUT2D eigenvalue weighted by Gasteiger charge is -2.17. The molecule has 0 aliphatic carbocycles. The standard InChI is InChI=1S/C25H24N4O5/c30-21(20-6-4-17-2-1-9-26-25(17)28-20)7-3-16-12-27-29(13-16)14-19(11-24(31)32)18-5-8-22-23(10-18)34-15-33-22/h4-6,8,10,12-13,19,21,30H,1-2,9,11,14-15H2,(H,26,28)(H,31,32). The van der Waals surface area contributed by atoms with Crippen LogP contribution in [0, 0.1) is 11.8 Å². The molecule has 0 amide bonds. The maximum atomic E-state index is 11.5. The van der Waals surface area contributed by atoms with Gasteiger partial charge in [0.2, 0.25) is 6.79 Å². The van der Waals surface area contributed by atoms with Crippen molar-refractivity contribution in [1.29, 1.82) is 0 Å². The predicted molar refractivity (Wildman–Crippen MR) is 123 cm³/mol. The molecule has 9 nitrogen and oxygen atoms in total. The Labute approximate surface area is 196 Å². The van der Waals surface area contributed by atoms with Crippen molar-refractivity contribution in [2.45, 2.75) is 37.8 Å². The Hall–Kier alpha value is -4.03. The third-order valence-electron chi connectivity index (χ3n) is 5.88. The van der Waals surface area contributed by atoms with Crippen molar-refractivity contribution < 1.29 is 24.5 Å². The highest BCUT2D eigenvalue weighted by Crippen LogP contribution is 2.36. The van der Waals surface area contributed by atoms with Crippen LogP contribution >= 0.6 is 0 Å². The van der Waals surface area contributed by atoms with Gasteiger partial charge in [-0.25, -0.2) is 4.98 Å². The van der Waals surface area contributed by atoms with E-state index in [4.69, 9.17) is 9.47 Å². The number of nitrogens with one attached hydrogen (secondary N) is 1. The molecule has 1 aromatic carbocycles. The van der Waals surface area contributed by atoms with Crippen molar-refractivity contribution >= 4 is 11.8 Å². The van der Waals surface area contributed by atoms with Crippen LogP contribution in [0.25, 0.3) is 0 Å². The van der Waals surface area contributed by atoms with Crippen LogP contribution in [-0.2, 0) is 17.8 Å². The summed E-state index contributed by atoms with van der Waals surface area (Å²) in [4.78, 5) is 16.0. The number of aliphatic hydroxyl groups excluding tert-OH is 1. The zero-order valence-corrected chi connectivity index (χ0v) is 18.4. The summed E-state index contributed by atoms with van der Waals surface area (Å²) in [6.07, 6.45) is 4.30. The highest BCUT2D eigenvalue weighted by molar-refractivity contribution is 5.68. The van der Waals surface area contributed by atoms with Crippen LogP contribution in [0.5, 0.6) is 11.5 Å². The number of aliphatic hydroxyl groups is 1. The summed E-state index contributed by atoms with van der Waals surface area (Å²) in [6, 6.07) is 9.24. The van der Waals surface area contributed by atoms with E-state index in [9.17, 15) is 15.0 Å². The van der Waals surface area contributed by atoms with Gasteiger partial charge in [-0.2, -0.15) is 5.10 Å². The number of nitrogens with zero attached hydrogens (tertiary/aromatic N) is 3. The fourth-order valence-corrected chi connectivity index (χ4v) is 4.14. The first-order valence-corrected chi connectivity index (χ1v) is 11.1. The summed E-state index contributed by atoms with van der Waals surface area (Å²) in [5.74, 6) is 6.61. The highest BCUT2D eigenvalue weighted by atomic mass is 16.7. The van der Waals surface area contributed by atoms with Crippen LogP contribution in [-0.4, -0.2) is 44.3 Å². The van der Waals surface area contributed by atoms with Gasteiger partial charge in [-0.3, -0.25) is 9.48 Å². The van der Waals surface area contributed by atoms with Crippen molar-refractivity contribution in [2.75, 3.05) is 18.7 Å². The largest absolute Gasteiger partial charge is 0.481 e. The number of aryl methyl sites for hydroxylation is 1. The zero-order valence-electron chi connectivity index (χ0n) is 18.4. The van der Waals surface area contributed by atoms with E-state index >= 15 is 0 Å². The van der Waals surface area contributed by atoms with Crippen molar-refractivity contribution in [3.8, 4) is 23.3 Å². The van der Waals surface area contributed by atoms with E-state index in [1.165, 1.54) is 0 Å². The first kappa shape index (κ1) is 21.8. The molecule has 2 unspecified atom stereocenters. The molecule has 5 rings (SSSR count). The average molecular weight is 460 g/mol. The predicted octanol–water partition coefficient (Wildman–Crippen LogP) is 2.71. The van der Waals surface area contributed by atoms with E-state index in [2.05, 4.69) is 27.2 Å². The quantitative estimate of drug-likeness (QED) is 0.481. The number of carboxylic acids is 1. The molecule has 9 heteroatoms. The van der Waals surface area contributed by atoms with Gasteiger partial charge in [0, 0.05) is 25.2 Å². The number of anilines is 1. The fraction of sp³-hybridized carbons (Fsp3) is 0.320. The third-order valence-corrected chi connectivity index (χ3v) is 5.88. The molecule has 3 N–H and O–H groups in total. The SMILES string of the molecule is O=C(O)CC(Cn1cc(C#CC(O)c2ccc3c(n2)NCCC3)cn1)c1ccc2c(c1)OCO2. The van der Waals surface area contributed by atoms with Gasteiger partial charge in [0.15, 0.2) is 17.6 Å². The van der Waals surface area contributed by atoms with Crippen LogP contribution in [0.3, 0.4) is 0 Å². The van der Waals surface area contributed by atoms with E-state index in [1.54, 1.807) is 29.2 Å². The number of pyridine rings is 1. The van der Waals surface area contributed by atoms with Crippen LogP contribution in [0.15, 0.2) is 42.7 Å². The number of aromatic nitrogens is 3. The van der Waals surface area contributed by atoms with Gasteiger partial charge in [-0.05, 0) is 42.2 Å². The van der Waals surface area contributed by atoms with Gasteiger partial charge in [-0.1, -0.05) is 24.0 Å². The zero-order chi connectivity index (χ0) is 23.5. The second-order valence-corrected chi connectivity index (χ2v) is 8.30. The lowest BCUT2D eigenvalue weighted by atomic mass is 9.95. The van der Waals surface area contributed by atoms with Gasteiger partial charge >= 0.3 is 5.97 Å². The minimum Gasteiger partial charge on any atom is -0.481 e. The molecule has 2 aromatic heterocycles. The molecule has 2 aliphatic heterocycles. The molecule has 0 spiro atoms. The van der Waals surface area contributed by atoms with Gasteiger partial charge in [0.1, 0.15) is 5.82 Å². The topological polar surface area (TPSA) is 119 Å². The Morgan fingerprint density at radius 2 is 2.12 bits per heavy atom. The van der Waals surface area contributed by atoms with Crippen molar-refractivity contribution in [1.82, 2.24) is 14.8 Å². The molecule has 0 bridgehead atoms. The van der Waals surface area contributed by atoms with Gasteiger partial charge in [0.25, 0.3) is 0 Å². The number of aliphatic carboxylic acids is 1. The summed E-state index contributed by atoms with van der Waals surface area (Å²) in [6.45, 7) is 1.39. The lowest BCUT2D eigenvalue weighted by Crippen LogP contribution is -2.14. The molecule has 3 aromatic rings. The highest BCUT2D eigenvalue weighted by Gasteiger charge is 2.21. The molecular formula is C25H24N4O5. The Balaban J connectivity index is 1.29. The maximum absolute atomic E-state index is 11.5. The average Bonchev–Trinajstić information content (AvgIpc) is 3.50. The molecule has 2 aliphatic rings. The van der Waals surface area contributed by atoms with E-state index in [-0.39, 0.29) is 19.1 Å². The first-order chi connectivity index (χ1) is 16.5. The van der Waals surface area contributed by atoms with E-state index in [0.29, 0.717) is 29.3 Å². The van der Waals surface area contributed by atoms with E-state index in [1.807, 2.05) is 18.2 Å². The summed E-state index contributed by atoms with van der Waals surface area (Å²) in [7, 11) is 0. The third kappa shape index (κ3) is 4.82. The number of ether oxygens (including phenoxy) is 2. The van der Waals surface area contributed by atoms with Crippen molar-refractivity contribution in [3.63, 3.8) is 0 Å². The number of benzene rings is 1. The molecule has 0 radical (unpaired) electrons. The van der Waals surface area contributed by atoms with Gasteiger partial charge in [0.05, 0.1) is 23.9 Å². The molecule has 2 atom stereocenters. The number of hydrogen-bond acceptors (Lipinski definition) is 7. The Morgan fingerprint density at radius 1 is 1.24 bits per heavy atom. The van der Waals surface area contributed by atoms with Crippen LogP contribution in [0.4, 0.5) is 5.82 Å². The normalized spacial score (nSPS) is 15.4. The number of carbonyl (C=O) groups is 1. The molecule has 0 saturated carbocycles. The summed E-state index contributed by atoms with van der Waals surface area (Å²) in [5.41, 5.74) is 3.10. The number of fused-ring (bicyclic) bond motifs is 2.